The van der Waals surface area contributed by atoms with Gasteiger partial charge in [0.05, 0.1) is 6.10 Å². The number of aliphatic hydroxyl groups excluding tert-OH is 1. The number of amides is 3. The fourth-order valence-corrected chi connectivity index (χ4v) is 1.43. The molecule has 0 bridgehead atoms. The second kappa shape index (κ2) is 7.38. The van der Waals surface area contributed by atoms with E-state index in [1.54, 1.807) is 31.2 Å². The number of rotatable bonds is 5. The van der Waals surface area contributed by atoms with Crippen LogP contribution in [0, 0.1) is 0 Å². The molecule has 1 rings (SSSR count). The first-order chi connectivity index (χ1) is 8.99. The lowest BCUT2D eigenvalue weighted by atomic mass is 10.1. The van der Waals surface area contributed by atoms with Crippen molar-refractivity contribution in [1.82, 2.24) is 10.6 Å². The van der Waals surface area contributed by atoms with E-state index < -0.39 is 6.10 Å². The molecule has 0 fully saturated rings. The molecule has 1 aromatic rings. The molecule has 3 amide bonds. The van der Waals surface area contributed by atoms with Crippen LogP contribution in [0.1, 0.15) is 25.5 Å². The summed E-state index contributed by atoms with van der Waals surface area (Å²) in [6.07, 6.45) is -0.527. The van der Waals surface area contributed by atoms with Crippen LogP contribution in [0.25, 0.3) is 0 Å². The van der Waals surface area contributed by atoms with Crippen LogP contribution in [0.3, 0.4) is 0 Å². The summed E-state index contributed by atoms with van der Waals surface area (Å²) in [5.74, 6) is -0.129. The third-order valence-electron chi connectivity index (χ3n) is 2.44. The molecule has 1 aromatic carbocycles. The summed E-state index contributed by atoms with van der Waals surface area (Å²) in [4.78, 5) is 22.1. The molecule has 0 saturated heterocycles. The number of urea groups is 1. The summed E-state index contributed by atoms with van der Waals surface area (Å²) >= 11 is 0. The van der Waals surface area contributed by atoms with Crippen molar-refractivity contribution in [2.45, 2.75) is 20.0 Å². The van der Waals surface area contributed by atoms with Gasteiger partial charge in [-0.3, -0.25) is 4.79 Å². The first-order valence-corrected chi connectivity index (χ1v) is 6.06. The second-order valence-corrected chi connectivity index (χ2v) is 4.16. The van der Waals surface area contributed by atoms with Crippen LogP contribution >= 0.6 is 0 Å². The van der Waals surface area contributed by atoms with Crippen LogP contribution < -0.4 is 16.0 Å². The van der Waals surface area contributed by atoms with Crippen molar-refractivity contribution >= 4 is 17.6 Å². The summed E-state index contributed by atoms with van der Waals surface area (Å²) in [5, 5.41) is 17.2. The van der Waals surface area contributed by atoms with E-state index in [1.807, 2.05) is 0 Å². The highest BCUT2D eigenvalue weighted by molar-refractivity contribution is 5.89. The van der Waals surface area contributed by atoms with Crippen molar-refractivity contribution in [2.75, 3.05) is 18.4 Å². The lowest BCUT2D eigenvalue weighted by Gasteiger charge is -2.09. The van der Waals surface area contributed by atoms with E-state index in [2.05, 4.69) is 16.0 Å². The predicted octanol–water partition coefficient (Wildman–Crippen LogP) is 0.997. The number of hydrogen-bond acceptors (Lipinski definition) is 3. The minimum absolute atomic E-state index is 0.129. The van der Waals surface area contributed by atoms with Gasteiger partial charge in [-0.1, -0.05) is 12.1 Å². The number of carbonyl (C=O) groups is 2. The highest BCUT2D eigenvalue weighted by atomic mass is 16.3. The molecule has 0 saturated carbocycles. The maximum Gasteiger partial charge on any atom is 0.319 e. The molecule has 6 nitrogen and oxygen atoms in total. The van der Waals surface area contributed by atoms with Crippen molar-refractivity contribution < 1.29 is 14.7 Å². The second-order valence-electron chi connectivity index (χ2n) is 4.16. The number of nitrogens with one attached hydrogen (secondary N) is 3. The normalized spacial score (nSPS) is 11.5. The fraction of sp³-hybridized carbons (Fsp3) is 0.385. The average Bonchev–Trinajstić information content (AvgIpc) is 2.35. The monoisotopic (exact) mass is 265 g/mol. The van der Waals surface area contributed by atoms with Gasteiger partial charge in [-0.25, -0.2) is 4.79 Å². The van der Waals surface area contributed by atoms with Gasteiger partial charge in [0.25, 0.3) is 0 Å². The Morgan fingerprint density at radius 3 is 2.26 bits per heavy atom. The molecule has 0 aliphatic rings. The zero-order valence-electron chi connectivity index (χ0n) is 11.1. The summed E-state index contributed by atoms with van der Waals surface area (Å²) < 4.78 is 0. The molecule has 0 radical (unpaired) electrons. The zero-order chi connectivity index (χ0) is 14.3. The van der Waals surface area contributed by atoms with E-state index in [0.29, 0.717) is 18.8 Å². The average molecular weight is 265 g/mol. The molecule has 0 aliphatic carbocycles. The van der Waals surface area contributed by atoms with E-state index >= 15 is 0 Å². The maximum atomic E-state index is 11.5. The van der Waals surface area contributed by atoms with E-state index in [-0.39, 0.29) is 11.9 Å². The van der Waals surface area contributed by atoms with Gasteiger partial charge in [0.2, 0.25) is 5.91 Å². The van der Waals surface area contributed by atoms with E-state index in [9.17, 15) is 14.7 Å². The molecule has 0 aromatic heterocycles. The molecule has 0 spiro atoms. The Kier molecular flexibility index (Phi) is 5.81. The number of anilines is 1. The van der Waals surface area contributed by atoms with Crippen molar-refractivity contribution in [2.24, 2.45) is 0 Å². The summed E-state index contributed by atoms with van der Waals surface area (Å²) in [6.45, 7) is 3.85. The van der Waals surface area contributed by atoms with Gasteiger partial charge in [0, 0.05) is 25.7 Å². The van der Waals surface area contributed by atoms with Crippen molar-refractivity contribution in [3.8, 4) is 0 Å². The minimum Gasteiger partial charge on any atom is -0.389 e. The Labute approximate surface area is 112 Å². The molecule has 4 N–H and O–H groups in total. The minimum atomic E-state index is -0.527. The fourth-order valence-electron chi connectivity index (χ4n) is 1.43. The largest absolute Gasteiger partial charge is 0.389 e. The molecule has 104 valence electrons. The molecule has 0 heterocycles. The summed E-state index contributed by atoms with van der Waals surface area (Å²) in [5.41, 5.74) is 1.43. The number of hydrogen-bond donors (Lipinski definition) is 4. The van der Waals surface area contributed by atoms with Crippen LogP contribution in [-0.4, -0.2) is 30.1 Å². The van der Waals surface area contributed by atoms with Crippen LogP contribution in [0.4, 0.5) is 10.5 Å². The molecule has 1 unspecified atom stereocenters. The molecule has 6 heteroatoms. The van der Waals surface area contributed by atoms with Gasteiger partial charge >= 0.3 is 6.03 Å². The third-order valence-corrected chi connectivity index (χ3v) is 2.44. The smallest absolute Gasteiger partial charge is 0.319 e. The van der Waals surface area contributed by atoms with Gasteiger partial charge in [0.15, 0.2) is 0 Å². The molecule has 0 aliphatic heterocycles. The quantitative estimate of drug-likeness (QED) is 0.599. The topological polar surface area (TPSA) is 90.5 Å². The number of carbonyl (C=O) groups excluding carboxylic acids is 2. The molecular formula is C13H19N3O3. The number of benzene rings is 1. The highest BCUT2D eigenvalue weighted by Gasteiger charge is 2.03. The lowest BCUT2D eigenvalue weighted by Crippen LogP contribution is -2.36. The van der Waals surface area contributed by atoms with Gasteiger partial charge in [0.1, 0.15) is 0 Å². The van der Waals surface area contributed by atoms with Crippen molar-refractivity contribution in [1.29, 1.82) is 0 Å². The van der Waals surface area contributed by atoms with E-state index in [4.69, 9.17) is 0 Å². The van der Waals surface area contributed by atoms with Crippen LogP contribution in [0.2, 0.25) is 0 Å². The first kappa shape index (κ1) is 15.0. The Bertz CT molecular complexity index is 429. The van der Waals surface area contributed by atoms with Crippen LogP contribution in [-0.2, 0) is 4.79 Å². The molecule has 1 atom stereocenters. The SMILES string of the molecule is CC(=O)NCCNC(=O)Nc1ccc(C(C)O)cc1. The zero-order valence-corrected chi connectivity index (χ0v) is 11.1. The highest BCUT2D eigenvalue weighted by Crippen LogP contribution is 2.15. The summed E-state index contributed by atoms with van der Waals surface area (Å²) in [7, 11) is 0. The molecule has 19 heavy (non-hydrogen) atoms. The maximum absolute atomic E-state index is 11.5. The van der Waals surface area contributed by atoms with Gasteiger partial charge in [-0.15, -0.1) is 0 Å². The predicted molar refractivity (Wildman–Crippen MR) is 72.8 cm³/mol. The Balaban J connectivity index is 2.33. The van der Waals surface area contributed by atoms with E-state index in [1.165, 1.54) is 6.92 Å². The van der Waals surface area contributed by atoms with Crippen molar-refractivity contribution in [3.05, 3.63) is 29.8 Å². The van der Waals surface area contributed by atoms with Gasteiger partial charge in [-0.05, 0) is 24.6 Å². The van der Waals surface area contributed by atoms with Crippen LogP contribution in [0.5, 0.6) is 0 Å². The third kappa shape index (κ3) is 5.87. The van der Waals surface area contributed by atoms with Gasteiger partial charge in [-0.2, -0.15) is 0 Å². The van der Waals surface area contributed by atoms with E-state index in [0.717, 1.165) is 5.56 Å². The van der Waals surface area contributed by atoms with Crippen molar-refractivity contribution in [3.63, 3.8) is 0 Å². The summed E-state index contributed by atoms with van der Waals surface area (Å²) in [6, 6.07) is 6.59. The standard InChI is InChI=1S/C13H19N3O3/c1-9(17)11-3-5-12(6-4-11)16-13(19)15-8-7-14-10(2)18/h3-6,9,17H,7-8H2,1-2H3,(H,14,18)(H2,15,16,19). The molecular weight excluding hydrogens is 246 g/mol. The van der Waals surface area contributed by atoms with Gasteiger partial charge < -0.3 is 21.1 Å². The van der Waals surface area contributed by atoms with Crippen LogP contribution in [0.15, 0.2) is 24.3 Å². The Hall–Kier alpha value is -2.08. The number of aliphatic hydroxyl groups is 1. The Morgan fingerprint density at radius 1 is 1.16 bits per heavy atom. The first-order valence-electron chi connectivity index (χ1n) is 6.06. The lowest BCUT2D eigenvalue weighted by molar-refractivity contribution is -0.118. The Morgan fingerprint density at radius 2 is 1.74 bits per heavy atom.